The van der Waals surface area contributed by atoms with Gasteiger partial charge in [0, 0.05) is 20.1 Å². The number of hydrogen-bond acceptors (Lipinski definition) is 4. The lowest BCUT2D eigenvalue weighted by Crippen LogP contribution is -2.30. The molecule has 0 bridgehead atoms. The van der Waals surface area contributed by atoms with E-state index in [1.54, 1.807) is 22.8 Å². The lowest BCUT2D eigenvalue weighted by atomic mass is 10.2. The molecule has 2 N–H and O–H groups in total. The number of carbonyl (C=O) groups excluding carboxylic acids is 1. The molecule has 1 heterocycles. The molecule has 0 spiro atoms. The maximum atomic E-state index is 11.9. The minimum atomic E-state index is -0.100. The van der Waals surface area contributed by atoms with Crippen LogP contribution >= 0.6 is 0 Å². The molecule has 1 rings (SSSR count). The molecule has 0 saturated heterocycles. The van der Waals surface area contributed by atoms with Crippen molar-refractivity contribution >= 4 is 5.91 Å². The van der Waals surface area contributed by atoms with E-state index in [1.807, 2.05) is 0 Å². The molecule has 0 aliphatic carbocycles. The molecule has 0 aliphatic heterocycles. The van der Waals surface area contributed by atoms with Crippen LogP contribution in [0.1, 0.15) is 24.3 Å². The first kappa shape index (κ1) is 12.6. The topological polar surface area (TPSA) is 77.0 Å². The first-order valence-electron chi connectivity index (χ1n) is 5.40. The van der Waals surface area contributed by atoms with E-state index in [2.05, 4.69) is 24.2 Å². The van der Waals surface area contributed by atoms with Crippen LogP contribution in [0.25, 0.3) is 0 Å². The smallest absolute Gasteiger partial charge is 0.275 e. The molecule has 0 unspecified atom stereocenters. The van der Waals surface area contributed by atoms with Crippen molar-refractivity contribution in [1.29, 1.82) is 0 Å². The molecule has 0 radical (unpaired) electrons. The number of hydrogen-bond donors (Lipinski definition) is 1. The summed E-state index contributed by atoms with van der Waals surface area (Å²) in [6.45, 7) is 5.90. The minimum Gasteiger partial charge on any atom is -0.340 e. The molecular formula is C10H19N5O. The van der Waals surface area contributed by atoms with Crippen LogP contribution in [-0.2, 0) is 6.54 Å². The first-order valence-corrected chi connectivity index (χ1v) is 5.40. The summed E-state index contributed by atoms with van der Waals surface area (Å²) in [4.78, 5) is 13.5. The van der Waals surface area contributed by atoms with Crippen molar-refractivity contribution in [2.75, 3.05) is 20.1 Å². The Labute approximate surface area is 95.4 Å². The van der Waals surface area contributed by atoms with Crippen molar-refractivity contribution in [1.82, 2.24) is 19.9 Å². The summed E-state index contributed by atoms with van der Waals surface area (Å²) in [5.41, 5.74) is 5.76. The maximum absolute atomic E-state index is 11.9. The second kappa shape index (κ2) is 5.60. The molecular weight excluding hydrogens is 206 g/mol. The van der Waals surface area contributed by atoms with Gasteiger partial charge in [0.2, 0.25) is 0 Å². The minimum absolute atomic E-state index is 0.100. The van der Waals surface area contributed by atoms with Gasteiger partial charge < -0.3 is 10.6 Å². The lowest BCUT2D eigenvalue weighted by Gasteiger charge is -2.17. The second-order valence-corrected chi connectivity index (χ2v) is 4.24. The van der Waals surface area contributed by atoms with E-state index in [4.69, 9.17) is 5.73 Å². The number of rotatable bonds is 5. The van der Waals surface area contributed by atoms with Crippen molar-refractivity contribution in [2.24, 2.45) is 11.7 Å². The Morgan fingerprint density at radius 1 is 1.62 bits per heavy atom. The van der Waals surface area contributed by atoms with E-state index in [1.165, 1.54) is 0 Å². The zero-order valence-electron chi connectivity index (χ0n) is 10.1. The van der Waals surface area contributed by atoms with Gasteiger partial charge in [0.1, 0.15) is 0 Å². The van der Waals surface area contributed by atoms with Gasteiger partial charge in [-0.05, 0) is 5.92 Å². The van der Waals surface area contributed by atoms with E-state index in [0.717, 1.165) is 0 Å². The summed E-state index contributed by atoms with van der Waals surface area (Å²) < 4.78 is 1.58. The van der Waals surface area contributed by atoms with E-state index in [0.29, 0.717) is 31.2 Å². The maximum Gasteiger partial charge on any atom is 0.275 e. The number of carbonyl (C=O) groups is 1. The first-order chi connectivity index (χ1) is 7.54. The van der Waals surface area contributed by atoms with Gasteiger partial charge in [0.05, 0.1) is 12.7 Å². The van der Waals surface area contributed by atoms with E-state index in [9.17, 15) is 4.79 Å². The van der Waals surface area contributed by atoms with Crippen LogP contribution < -0.4 is 5.73 Å². The Balaban J connectivity index is 2.64. The van der Waals surface area contributed by atoms with Crippen LogP contribution in [0.15, 0.2) is 6.20 Å². The van der Waals surface area contributed by atoms with Gasteiger partial charge in [0.25, 0.3) is 5.91 Å². The van der Waals surface area contributed by atoms with Crippen molar-refractivity contribution in [3.63, 3.8) is 0 Å². The fourth-order valence-corrected chi connectivity index (χ4v) is 1.46. The van der Waals surface area contributed by atoms with Crippen LogP contribution in [0.3, 0.4) is 0 Å². The molecule has 0 atom stereocenters. The molecule has 1 aromatic heterocycles. The Bertz CT molecular complexity index is 347. The summed E-state index contributed by atoms with van der Waals surface area (Å²) >= 11 is 0. The quantitative estimate of drug-likeness (QED) is 0.763. The van der Waals surface area contributed by atoms with E-state index >= 15 is 0 Å². The third kappa shape index (κ3) is 3.30. The third-order valence-corrected chi connectivity index (χ3v) is 2.10. The molecule has 0 fully saturated rings. The van der Waals surface area contributed by atoms with Gasteiger partial charge >= 0.3 is 0 Å². The van der Waals surface area contributed by atoms with Gasteiger partial charge in [-0.15, -0.1) is 5.10 Å². The van der Waals surface area contributed by atoms with Gasteiger partial charge in [-0.25, -0.2) is 0 Å². The fourth-order valence-electron chi connectivity index (χ4n) is 1.46. The van der Waals surface area contributed by atoms with Gasteiger partial charge in [-0.1, -0.05) is 19.1 Å². The lowest BCUT2D eigenvalue weighted by molar-refractivity contribution is 0.0773. The Morgan fingerprint density at radius 3 is 2.88 bits per heavy atom. The highest BCUT2D eigenvalue weighted by molar-refractivity contribution is 5.91. The number of aromatic nitrogens is 3. The zero-order valence-corrected chi connectivity index (χ0v) is 10.1. The summed E-state index contributed by atoms with van der Waals surface area (Å²) in [5.74, 6) is 0.338. The normalized spacial score (nSPS) is 10.8. The summed E-state index contributed by atoms with van der Waals surface area (Å²) in [6, 6.07) is 0. The monoisotopic (exact) mass is 225 g/mol. The molecule has 0 aliphatic rings. The Hall–Kier alpha value is -1.43. The van der Waals surface area contributed by atoms with Crippen molar-refractivity contribution < 1.29 is 4.79 Å². The molecule has 16 heavy (non-hydrogen) atoms. The number of nitrogens with zero attached hydrogens (tertiary/aromatic N) is 4. The molecule has 6 nitrogen and oxygen atoms in total. The van der Waals surface area contributed by atoms with E-state index < -0.39 is 0 Å². The standard InChI is InChI=1S/C10H19N5O/c1-8(2)6-14(3)10(16)9-7-15(5-4-11)13-12-9/h7-8H,4-6,11H2,1-3H3. The van der Waals surface area contributed by atoms with Crippen LogP contribution in [-0.4, -0.2) is 45.9 Å². The SMILES string of the molecule is CC(C)CN(C)C(=O)c1cn(CCN)nn1. The van der Waals surface area contributed by atoms with Crippen LogP contribution in [0.5, 0.6) is 0 Å². The second-order valence-electron chi connectivity index (χ2n) is 4.24. The number of amides is 1. The highest BCUT2D eigenvalue weighted by Crippen LogP contribution is 2.02. The predicted octanol–water partition coefficient (Wildman–Crippen LogP) is -0.0352. The van der Waals surface area contributed by atoms with E-state index in [-0.39, 0.29) is 5.91 Å². The number of nitrogens with two attached hydrogens (primary N) is 1. The summed E-state index contributed by atoms with van der Waals surface area (Å²) in [7, 11) is 1.77. The zero-order chi connectivity index (χ0) is 12.1. The van der Waals surface area contributed by atoms with Gasteiger partial charge in [0.15, 0.2) is 5.69 Å². The molecule has 6 heteroatoms. The molecule has 90 valence electrons. The highest BCUT2D eigenvalue weighted by Gasteiger charge is 2.16. The fraction of sp³-hybridized carbons (Fsp3) is 0.700. The third-order valence-electron chi connectivity index (χ3n) is 2.10. The van der Waals surface area contributed by atoms with Crippen LogP contribution in [0.4, 0.5) is 0 Å². The predicted molar refractivity (Wildman–Crippen MR) is 60.9 cm³/mol. The summed E-state index contributed by atoms with van der Waals surface area (Å²) in [5, 5.41) is 7.66. The van der Waals surface area contributed by atoms with Crippen molar-refractivity contribution in [3.8, 4) is 0 Å². The molecule has 0 aromatic carbocycles. The largest absolute Gasteiger partial charge is 0.340 e. The van der Waals surface area contributed by atoms with Crippen LogP contribution in [0.2, 0.25) is 0 Å². The molecule has 1 aromatic rings. The molecule has 0 saturated carbocycles. The highest BCUT2D eigenvalue weighted by atomic mass is 16.2. The Kier molecular flexibility index (Phi) is 4.42. The summed E-state index contributed by atoms with van der Waals surface area (Å²) in [6.07, 6.45) is 1.63. The Morgan fingerprint density at radius 2 is 2.31 bits per heavy atom. The average Bonchev–Trinajstić information content (AvgIpc) is 2.64. The van der Waals surface area contributed by atoms with Gasteiger partial charge in [-0.2, -0.15) is 0 Å². The van der Waals surface area contributed by atoms with Crippen molar-refractivity contribution in [3.05, 3.63) is 11.9 Å². The van der Waals surface area contributed by atoms with Crippen molar-refractivity contribution in [2.45, 2.75) is 20.4 Å². The van der Waals surface area contributed by atoms with Crippen LogP contribution in [0, 0.1) is 5.92 Å². The molecule has 1 amide bonds. The van der Waals surface area contributed by atoms with Gasteiger partial charge in [-0.3, -0.25) is 9.48 Å². The average molecular weight is 225 g/mol.